The van der Waals surface area contributed by atoms with Gasteiger partial charge >= 0.3 is 0 Å². The Morgan fingerprint density at radius 1 is 1.40 bits per heavy atom. The third kappa shape index (κ3) is 2.23. The summed E-state index contributed by atoms with van der Waals surface area (Å²) in [6, 6.07) is 0. The number of carbonyl (C=O) groups excluding carboxylic acids is 1. The number of hydrogen-bond acceptors (Lipinski definition) is 3. The van der Waals surface area contributed by atoms with E-state index in [1.807, 2.05) is 0 Å². The first-order valence-electron chi connectivity index (χ1n) is 5.12. The Hall–Kier alpha value is -1.65. The number of carbonyl (C=O) groups is 1. The van der Waals surface area contributed by atoms with Crippen LogP contribution in [0.25, 0.3) is 0 Å². The van der Waals surface area contributed by atoms with Crippen molar-refractivity contribution in [2.45, 2.75) is 32.2 Å². The third-order valence-corrected chi connectivity index (χ3v) is 2.49. The van der Waals surface area contributed by atoms with Crippen LogP contribution < -0.4 is 5.73 Å². The third-order valence-electron chi connectivity index (χ3n) is 2.49. The van der Waals surface area contributed by atoms with Gasteiger partial charge in [-0.2, -0.15) is 0 Å². The summed E-state index contributed by atoms with van der Waals surface area (Å²) in [6.07, 6.45) is 8.05. The van der Waals surface area contributed by atoms with Gasteiger partial charge in [0.2, 0.25) is 5.91 Å². The molecule has 2 rings (SSSR count). The normalized spacial score (nSPS) is 17.6. The van der Waals surface area contributed by atoms with Crippen LogP contribution in [0.4, 0.5) is 0 Å². The van der Waals surface area contributed by atoms with Gasteiger partial charge in [0.1, 0.15) is 6.54 Å². The van der Waals surface area contributed by atoms with Gasteiger partial charge < -0.3 is 5.73 Å². The topological polar surface area (TPSA) is 73.8 Å². The summed E-state index contributed by atoms with van der Waals surface area (Å²) in [7, 11) is 0. The summed E-state index contributed by atoms with van der Waals surface area (Å²) in [6.45, 7) is 0.131. The van der Waals surface area contributed by atoms with Crippen LogP contribution in [0.1, 0.15) is 24.2 Å². The van der Waals surface area contributed by atoms with E-state index in [2.05, 4.69) is 22.5 Å². The number of hydrogen-bond donors (Lipinski definition) is 1. The maximum Gasteiger partial charge on any atom is 0.239 e. The predicted octanol–water partition coefficient (Wildman–Crippen LogP) is 0.198. The second kappa shape index (κ2) is 4.25. The van der Waals surface area contributed by atoms with Crippen LogP contribution in [0.15, 0.2) is 12.2 Å². The Bertz CT molecular complexity index is 394. The Balaban J connectivity index is 2.24. The van der Waals surface area contributed by atoms with Crippen molar-refractivity contribution in [3.63, 3.8) is 0 Å². The second-order valence-corrected chi connectivity index (χ2v) is 3.66. The predicted molar refractivity (Wildman–Crippen MR) is 55.0 cm³/mol. The van der Waals surface area contributed by atoms with Crippen LogP contribution in [-0.4, -0.2) is 20.9 Å². The molecule has 1 aromatic heterocycles. The number of nitrogens with zero attached hydrogens (tertiary/aromatic N) is 3. The lowest BCUT2D eigenvalue weighted by molar-refractivity contribution is -0.118. The summed E-state index contributed by atoms with van der Waals surface area (Å²) < 4.78 is 1.62. The van der Waals surface area contributed by atoms with Gasteiger partial charge in [-0.3, -0.25) is 4.79 Å². The molecule has 0 aliphatic heterocycles. The lowest BCUT2D eigenvalue weighted by Gasteiger charge is -2.06. The molecule has 0 bridgehead atoms. The van der Waals surface area contributed by atoms with Crippen LogP contribution in [0, 0.1) is 0 Å². The fraction of sp³-hybridized carbons (Fsp3) is 0.500. The fourth-order valence-electron chi connectivity index (χ4n) is 1.79. The van der Waals surface area contributed by atoms with Crippen molar-refractivity contribution in [1.82, 2.24) is 15.0 Å². The van der Waals surface area contributed by atoms with Gasteiger partial charge in [-0.1, -0.05) is 17.4 Å². The number of aromatic nitrogens is 3. The Kier molecular flexibility index (Phi) is 2.80. The maximum atomic E-state index is 10.8. The van der Waals surface area contributed by atoms with Crippen molar-refractivity contribution in [3.8, 4) is 0 Å². The molecule has 0 aromatic carbocycles. The molecule has 0 radical (unpaired) electrons. The van der Waals surface area contributed by atoms with Gasteiger partial charge in [0.25, 0.3) is 0 Å². The number of nitrogens with two attached hydrogens (primary N) is 1. The van der Waals surface area contributed by atoms with E-state index in [0.717, 1.165) is 37.1 Å². The number of primary amides is 1. The van der Waals surface area contributed by atoms with E-state index >= 15 is 0 Å². The minimum Gasteiger partial charge on any atom is -0.368 e. The summed E-state index contributed by atoms with van der Waals surface area (Å²) in [5, 5.41) is 8.04. The zero-order valence-electron chi connectivity index (χ0n) is 8.52. The molecule has 0 unspecified atom stereocenters. The van der Waals surface area contributed by atoms with E-state index in [-0.39, 0.29) is 12.5 Å². The summed E-state index contributed by atoms with van der Waals surface area (Å²) >= 11 is 0. The first kappa shape index (κ1) is 9.89. The van der Waals surface area contributed by atoms with Crippen molar-refractivity contribution in [1.29, 1.82) is 0 Å². The first-order valence-corrected chi connectivity index (χ1v) is 5.12. The smallest absolute Gasteiger partial charge is 0.239 e. The lowest BCUT2D eigenvalue weighted by atomic mass is 10.1. The van der Waals surface area contributed by atoms with E-state index in [1.54, 1.807) is 4.68 Å². The minimum absolute atomic E-state index is 0.131. The van der Waals surface area contributed by atoms with Gasteiger partial charge in [-0.25, -0.2) is 4.68 Å². The highest BCUT2D eigenvalue weighted by molar-refractivity contribution is 5.73. The molecule has 1 aliphatic carbocycles. The monoisotopic (exact) mass is 206 g/mol. The van der Waals surface area contributed by atoms with Gasteiger partial charge in [0, 0.05) is 0 Å². The molecule has 15 heavy (non-hydrogen) atoms. The maximum absolute atomic E-state index is 10.8. The Morgan fingerprint density at radius 3 is 2.87 bits per heavy atom. The minimum atomic E-state index is -0.375. The van der Waals surface area contributed by atoms with Crippen LogP contribution in [0.2, 0.25) is 0 Å². The standard InChI is InChI=1S/C10H14N4O/c11-10(15)7-14-9-6-4-2-1-3-5-8(9)12-13-14/h1-2H,3-7H2,(H2,11,15)/b2-1+. The van der Waals surface area contributed by atoms with Crippen molar-refractivity contribution in [3.05, 3.63) is 23.5 Å². The molecular weight excluding hydrogens is 192 g/mol. The highest BCUT2D eigenvalue weighted by atomic mass is 16.1. The quantitative estimate of drug-likeness (QED) is 0.702. The van der Waals surface area contributed by atoms with Gasteiger partial charge in [-0.15, -0.1) is 5.10 Å². The van der Waals surface area contributed by atoms with Crippen molar-refractivity contribution < 1.29 is 4.79 Å². The summed E-state index contributed by atoms with van der Waals surface area (Å²) in [5.74, 6) is -0.375. The molecule has 1 heterocycles. The molecule has 0 spiro atoms. The van der Waals surface area contributed by atoms with E-state index in [0.29, 0.717) is 0 Å². The molecule has 0 fully saturated rings. The largest absolute Gasteiger partial charge is 0.368 e. The number of rotatable bonds is 2. The highest BCUT2D eigenvalue weighted by Crippen LogP contribution is 2.14. The number of allylic oxidation sites excluding steroid dienone is 2. The average Bonchev–Trinajstić information content (AvgIpc) is 2.46. The van der Waals surface area contributed by atoms with Crippen LogP contribution >= 0.6 is 0 Å². The molecule has 80 valence electrons. The highest BCUT2D eigenvalue weighted by Gasteiger charge is 2.13. The molecular formula is C10H14N4O. The average molecular weight is 206 g/mol. The molecule has 5 heteroatoms. The zero-order chi connectivity index (χ0) is 10.7. The lowest BCUT2D eigenvalue weighted by Crippen LogP contribution is -2.21. The fourth-order valence-corrected chi connectivity index (χ4v) is 1.79. The van der Waals surface area contributed by atoms with Gasteiger partial charge in [0.15, 0.2) is 0 Å². The van der Waals surface area contributed by atoms with Crippen LogP contribution in [-0.2, 0) is 24.2 Å². The number of amides is 1. The Morgan fingerprint density at radius 2 is 2.13 bits per heavy atom. The van der Waals surface area contributed by atoms with Crippen molar-refractivity contribution in [2.75, 3.05) is 0 Å². The molecule has 0 atom stereocenters. The molecule has 1 aliphatic rings. The van der Waals surface area contributed by atoms with E-state index in [1.165, 1.54) is 0 Å². The molecule has 0 saturated carbocycles. The number of fused-ring (bicyclic) bond motifs is 1. The first-order chi connectivity index (χ1) is 7.27. The van der Waals surface area contributed by atoms with Crippen LogP contribution in [0.3, 0.4) is 0 Å². The molecule has 0 saturated heterocycles. The Labute approximate surface area is 88.0 Å². The van der Waals surface area contributed by atoms with Crippen molar-refractivity contribution >= 4 is 5.91 Å². The van der Waals surface area contributed by atoms with Crippen molar-refractivity contribution in [2.24, 2.45) is 5.73 Å². The molecule has 5 nitrogen and oxygen atoms in total. The van der Waals surface area contributed by atoms with E-state index in [9.17, 15) is 4.79 Å². The zero-order valence-corrected chi connectivity index (χ0v) is 8.52. The summed E-state index contributed by atoms with van der Waals surface area (Å²) in [4.78, 5) is 10.8. The molecule has 1 aromatic rings. The van der Waals surface area contributed by atoms with E-state index < -0.39 is 0 Å². The number of aryl methyl sites for hydroxylation is 1. The SMILES string of the molecule is NC(=O)Cn1nnc2c1CC/C=C/CC2. The van der Waals surface area contributed by atoms with E-state index in [4.69, 9.17) is 5.73 Å². The molecule has 1 amide bonds. The van der Waals surface area contributed by atoms with Crippen LogP contribution in [0.5, 0.6) is 0 Å². The second-order valence-electron chi connectivity index (χ2n) is 3.66. The van der Waals surface area contributed by atoms with Gasteiger partial charge in [0.05, 0.1) is 11.4 Å². The summed E-state index contributed by atoms with van der Waals surface area (Å²) in [5.41, 5.74) is 7.20. The van der Waals surface area contributed by atoms with Gasteiger partial charge in [-0.05, 0) is 25.7 Å². The molecule has 2 N–H and O–H groups in total.